The molecule has 1 saturated heterocycles. The molecule has 3 amide bonds. The van der Waals surface area contributed by atoms with Crippen molar-refractivity contribution in [2.45, 2.75) is 25.3 Å². The molecule has 0 spiro atoms. The van der Waals surface area contributed by atoms with Gasteiger partial charge in [-0.1, -0.05) is 11.6 Å². The lowest BCUT2D eigenvalue weighted by Gasteiger charge is -2.24. The normalized spacial score (nSPS) is 15.5. The van der Waals surface area contributed by atoms with Crippen molar-refractivity contribution in [3.63, 3.8) is 0 Å². The predicted octanol–water partition coefficient (Wildman–Crippen LogP) is 2.49. The van der Waals surface area contributed by atoms with E-state index in [1.165, 1.54) is 12.0 Å². The molecule has 0 saturated carbocycles. The van der Waals surface area contributed by atoms with Crippen molar-refractivity contribution in [1.82, 2.24) is 15.2 Å². The van der Waals surface area contributed by atoms with Crippen LogP contribution >= 0.6 is 11.6 Å². The molecule has 30 heavy (non-hydrogen) atoms. The van der Waals surface area contributed by atoms with Gasteiger partial charge in [0, 0.05) is 42.6 Å². The number of nitrogens with zero attached hydrogens (tertiary/aromatic N) is 2. The first-order valence-electron chi connectivity index (χ1n) is 9.61. The van der Waals surface area contributed by atoms with E-state index in [4.69, 9.17) is 16.3 Å². The van der Waals surface area contributed by atoms with Crippen molar-refractivity contribution in [1.29, 1.82) is 0 Å². The fourth-order valence-corrected chi connectivity index (χ4v) is 3.53. The molecule has 0 unspecified atom stereocenters. The van der Waals surface area contributed by atoms with Gasteiger partial charge in [0.05, 0.1) is 12.7 Å². The Bertz CT molecular complexity index is 922. The fourth-order valence-electron chi connectivity index (χ4n) is 3.36. The zero-order valence-electron chi connectivity index (χ0n) is 16.6. The molecule has 3 rings (SSSR count). The maximum atomic E-state index is 13.0. The van der Waals surface area contributed by atoms with E-state index < -0.39 is 6.04 Å². The van der Waals surface area contributed by atoms with Crippen LogP contribution in [0.5, 0.6) is 5.75 Å². The third-order valence-corrected chi connectivity index (χ3v) is 5.06. The zero-order chi connectivity index (χ0) is 21.5. The van der Waals surface area contributed by atoms with Crippen LogP contribution in [-0.4, -0.2) is 53.8 Å². The van der Waals surface area contributed by atoms with E-state index >= 15 is 0 Å². The van der Waals surface area contributed by atoms with Crippen molar-refractivity contribution in [3.8, 4) is 5.75 Å². The van der Waals surface area contributed by atoms with Crippen molar-refractivity contribution >= 4 is 35.0 Å². The SMILES string of the molecule is COc1ccc(Cl)cc1C(=O)N1CCC[C@H]1C(=O)NCCC(=O)Nc1ccncc1. The number of halogens is 1. The summed E-state index contributed by atoms with van der Waals surface area (Å²) in [5, 5.41) is 5.90. The second-order valence-corrected chi connectivity index (χ2v) is 7.26. The lowest BCUT2D eigenvalue weighted by atomic mass is 10.1. The van der Waals surface area contributed by atoms with E-state index in [1.807, 2.05) is 0 Å². The number of hydrogen-bond donors (Lipinski definition) is 2. The molecule has 9 heteroatoms. The summed E-state index contributed by atoms with van der Waals surface area (Å²) < 4.78 is 5.26. The van der Waals surface area contributed by atoms with E-state index in [9.17, 15) is 14.4 Å². The number of hydrogen-bond acceptors (Lipinski definition) is 5. The van der Waals surface area contributed by atoms with Crippen LogP contribution in [0.1, 0.15) is 29.6 Å². The molecular weight excluding hydrogens is 408 g/mol. The number of aromatic nitrogens is 1. The molecule has 1 atom stereocenters. The van der Waals surface area contributed by atoms with Crippen LogP contribution in [0.15, 0.2) is 42.7 Å². The molecule has 0 bridgehead atoms. The van der Waals surface area contributed by atoms with Crippen LogP contribution in [0.3, 0.4) is 0 Å². The summed E-state index contributed by atoms with van der Waals surface area (Å²) in [7, 11) is 1.48. The highest BCUT2D eigenvalue weighted by molar-refractivity contribution is 6.31. The first-order valence-corrected chi connectivity index (χ1v) is 9.99. The quantitative estimate of drug-likeness (QED) is 0.702. The standard InChI is InChI=1S/C21H23ClN4O4/c1-30-18-5-4-14(22)13-16(18)21(29)26-12-2-3-17(26)20(28)24-11-8-19(27)25-15-6-9-23-10-7-15/h4-7,9-10,13,17H,2-3,8,11-12H2,1H3,(H,24,28)(H,23,25,27)/t17-/m0/s1. The van der Waals surface area contributed by atoms with E-state index in [2.05, 4.69) is 15.6 Å². The number of likely N-dealkylation sites (tertiary alicyclic amines) is 1. The summed E-state index contributed by atoms with van der Waals surface area (Å²) >= 11 is 6.03. The number of benzene rings is 1. The predicted molar refractivity (Wildman–Crippen MR) is 113 cm³/mol. The molecule has 0 aliphatic carbocycles. The third-order valence-electron chi connectivity index (χ3n) is 4.82. The second-order valence-electron chi connectivity index (χ2n) is 6.83. The van der Waals surface area contributed by atoms with Gasteiger partial charge in [0.15, 0.2) is 0 Å². The van der Waals surface area contributed by atoms with Gasteiger partial charge in [-0.3, -0.25) is 19.4 Å². The van der Waals surface area contributed by atoms with Gasteiger partial charge in [0.1, 0.15) is 11.8 Å². The van der Waals surface area contributed by atoms with Gasteiger partial charge >= 0.3 is 0 Å². The Hall–Kier alpha value is -3.13. The summed E-state index contributed by atoms with van der Waals surface area (Å²) in [6.45, 7) is 0.643. The Kier molecular flexibility index (Phi) is 7.24. The number of pyridine rings is 1. The Morgan fingerprint density at radius 1 is 1.23 bits per heavy atom. The first kappa shape index (κ1) is 21.6. The molecule has 0 radical (unpaired) electrons. The number of nitrogens with one attached hydrogen (secondary N) is 2. The van der Waals surface area contributed by atoms with E-state index in [-0.39, 0.29) is 30.7 Å². The van der Waals surface area contributed by atoms with Crippen molar-refractivity contribution < 1.29 is 19.1 Å². The second kappa shape index (κ2) is 10.1. The number of carbonyl (C=O) groups is 3. The van der Waals surface area contributed by atoms with E-state index in [1.54, 1.807) is 42.7 Å². The van der Waals surface area contributed by atoms with Crippen LogP contribution in [0, 0.1) is 0 Å². The highest BCUT2D eigenvalue weighted by Gasteiger charge is 2.35. The summed E-state index contributed by atoms with van der Waals surface area (Å²) in [5.41, 5.74) is 0.964. The number of carbonyl (C=O) groups excluding carboxylic acids is 3. The number of rotatable bonds is 7. The molecule has 2 aromatic rings. The molecule has 2 heterocycles. The van der Waals surface area contributed by atoms with Gasteiger partial charge in [-0.25, -0.2) is 0 Å². The maximum Gasteiger partial charge on any atom is 0.258 e. The van der Waals surface area contributed by atoms with Crippen LogP contribution in [-0.2, 0) is 9.59 Å². The van der Waals surface area contributed by atoms with Gasteiger partial charge in [-0.05, 0) is 43.2 Å². The van der Waals surface area contributed by atoms with Crippen molar-refractivity contribution in [2.75, 3.05) is 25.5 Å². The Morgan fingerprint density at radius 3 is 2.73 bits per heavy atom. The highest BCUT2D eigenvalue weighted by Crippen LogP contribution is 2.27. The minimum absolute atomic E-state index is 0.122. The van der Waals surface area contributed by atoms with Gasteiger partial charge in [0.2, 0.25) is 11.8 Å². The number of ether oxygens (including phenoxy) is 1. The molecule has 8 nitrogen and oxygen atoms in total. The molecular formula is C21H23ClN4O4. The van der Waals surface area contributed by atoms with Crippen LogP contribution in [0.4, 0.5) is 5.69 Å². The fraction of sp³-hybridized carbons (Fsp3) is 0.333. The topological polar surface area (TPSA) is 101 Å². The summed E-state index contributed by atoms with van der Waals surface area (Å²) in [6, 6.07) is 7.58. The lowest BCUT2D eigenvalue weighted by Crippen LogP contribution is -2.46. The molecule has 158 valence electrons. The number of anilines is 1. The molecule has 2 N–H and O–H groups in total. The van der Waals surface area contributed by atoms with Gasteiger partial charge in [0.25, 0.3) is 5.91 Å². The average Bonchev–Trinajstić information content (AvgIpc) is 3.24. The molecule has 1 aromatic heterocycles. The summed E-state index contributed by atoms with van der Waals surface area (Å²) in [6.07, 6.45) is 4.56. The van der Waals surface area contributed by atoms with Gasteiger partial charge in [-0.2, -0.15) is 0 Å². The minimum atomic E-state index is -0.593. The zero-order valence-corrected chi connectivity index (χ0v) is 17.3. The van der Waals surface area contributed by atoms with Crippen molar-refractivity contribution in [3.05, 3.63) is 53.3 Å². The van der Waals surface area contributed by atoms with E-state index in [0.717, 1.165) is 6.42 Å². The summed E-state index contributed by atoms with van der Waals surface area (Å²) in [5.74, 6) is -0.395. The first-order chi connectivity index (χ1) is 14.5. The smallest absolute Gasteiger partial charge is 0.258 e. The number of methoxy groups -OCH3 is 1. The van der Waals surface area contributed by atoms with Crippen LogP contribution < -0.4 is 15.4 Å². The van der Waals surface area contributed by atoms with E-state index in [0.29, 0.717) is 35.0 Å². The molecule has 1 aliphatic rings. The molecule has 1 aliphatic heterocycles. The Balaban J connectivity index is 1.56. The average molecular weight is 431 g/mol. The van der Waals surface area contributed by atoms with Crippen LogP contribution in [0.2, 0.25) is 5.02 Å². The molecule has 1 aromatic carbocycles. The minimum Gasteiger partial charge on any atom is -0.496 e. The Morgan fingerprint density at radius 2 is 2.00 bits per heavy atom. The van der Waals surface area contributed by atoms with Gasteiger partial charge in [-0.15, -0.1) is 0 Å². The third kappa shape index (κ3) is 5.27. The largest absolute Gasteiger partial charge is 0.496 e. The number of amides is 3. The maximum absolute atomic E-state index is 13.0. The Labute approximate surface area is 179 Å². The summed E-state index contributed by atoms with van der Waals surface area (Å²) in [4.78, 5) is 43.1. The van der Waals surface area contributed by atoms with Gasteiger partial charge < -0.3 is 20.3 Å². The lowest BCUT2D eigenvalue weighted by molar-refractivity contribution is -0.125. The van der Waals surface area contributed by atoms with Crippen LogP contribution in [0.25, 0.3) is 0 Å². The highest BCUT2D eigenvalue weighted by atomic mass is 35.5. The monoisotopic (exact) mass is 430 g/mol. The molecule has 1 fully saturated rings. The van der Waals surface area contributed by atoms with Crippen molar-refractivity contribution in [2.24, 2.45) is 0 Å².